The third kappa shape index (κ3) is 4.03. The van der Waals surface area contributed by atoms with Crippen LogP contribution in [0, 0.1) is 0 Å². The first kappa shape index (κ1) is 14.0. The van der Waals surface area contributed by atoms with Crippen molar-refractivity contribution in [1.82, 2.24) is 15.2 Å². The highest BCUT2D eigenvalue weighted by molar-refractivity contribution is 5.94. The summed E-state index contributed by atoms with van der Waals surface area (Å²) < 4.78 is 0. The first-order valence-corrected chi connectivity index (χ1v) is 7.24. The Morgan fingerprint density at radius 2 is 2.21 bits per heavy atom. The Balaban J connectivity index is 2.00. The molecular formula is C15H23N3O. The second kappa shape index (κ2) is 7.24. The van der Waals surface area contributed by atoms with Crippen LogP contribution in [0.25, 0.3) is 0 Å². The maximum absolute atomic E-state index is 12.5. The highest BCUT2D eigenvalue weighted by Gasteiger charge is 2.20. The predicted octanol–water partition coefficient (Wildman–Crippen LogP) is 2.08. The molecule has 0 aliphatic carbocycles. The zero-order valence-corrected chi connectivity index (χ0v) is 11.6. The maximum atomic E-state index is 12.5. The molecule has 1 N–H and O–H groups in total. The summed E-state index contributed by atoms with van der Waals surface area (Å²) >= 11 is 0. The van der Waals surface area contributed by atoms with Gasteiger partial charge in [0.2, 0.25) is 0 Å². The van der Waals surface area contributed by atoms with E-state index in [0.29, 0.717) is 6.04 Å². The van der Waals surface area contributed by atoms with Crippen LogP contribution < -0.4 is 5.32 Å². The number of rotatable bonds is 5. The van der Waals surface area contributed by atoms with E-state index < -0.39 is 0 Å². The Morgan fingerprint density at radius 1 is 1.42 bits per heavy atom. The zero-order valence-electron chi connectivity index (χ0n) is 11.6. The van der Waals surface area contributed by atoms with Gasteiger partial charge in [0.15, 0.2) is 0 Å². The third-order valence-electron chi connectivity index (χ3n) is 3.56. The summed E-state index contributed by atoms with van der Waals surface area (Å²) in [5.41, 5.74) is 0.735. The predicted molar refractivity (Wildman–Crippen MR) is 76.1 cm³/mol. The van der Waals surface area contributed by atoms with Gasteiger partial charge in [0.05, 0.1) is 0 Å². The zero-order chi connectivity index (χ0) is 13.5. The molecule has 1 fully saturated rings. The van der Waals surface area contributed by atoms with Crippen LogP contribution in [0.3, 0.4) is 0 Å². The molecule has 0 radical (unpaired) electrons. The van der Waals surface area contributed by atoms with Gasteiger partial charge in [-0.15, -0.1) is 0 Å². The van der Waals surface area contributed by atoms with Crippen LogP contribution >= 0.6 is 0 Å². The molecule has 1 unspecified atom stereocenters. The molecule has 2 rings (SSSR count). The van der Waals surface area contributed by atoms with E-state index in [0.717, 1.165) is 31.6 Å². The van der Waals surface area contributed by atoms with Crippen LogP contribution in [0.2, 0.25) is 0 Å². The third-order valence-corrected chi connectivity index (χ3v) is 3.56. The molecule has 1 atom stereocenters. The second-order valence-electron chi connectivity index (χ2n) is 5.13. The number of carbonyl (C=O) groups is 1. The van der Waals surface area contributed by atoms with Gasteiger partial charge in [-0.3, -0.25) is 9.78 Å². The van der Waals surface area contributed by atoms with Gasteiger partial charge in [-0.25, -0.2) is 0 Å². The molecule has 2 heterocycles. The Morgan fingerprint density at radius 3 is 2.84 bits per heavy atom. The molecule has 4 heteroatoms. The summed E-state index contributed by atoms with van der Waals surface area (Å²) in [4.78, 5) is 18.4. The Bertz CT molecular complexity index is 388. The van der Waals surface area contributed by atoms with E-state index in [1.54, 1.807) is 24.5 Å². The molecule has 1 aliphatic heterocycles. The van der Waals surface area contributed by atoms with E-state index in [9.17, 15) is 4.79 Å². The van der Waals surface area contributed by atoms with Crippen molar-refractivity contribution in [3.63, 3.8) is 0 Å². The SMILES string of the molecule is CCCN(CC1CCCCN1)C(=O)c1ccncc1. The minimum Gasteiger partial charge on any atom is -0.337 e. The van der Waals surface area contributed by atoms with Crippen molar-refractivity contribution < 1.29 is 4.79 Å². The number of carbonyl (C=O) groups excluding carboxylic acids is 1. The first-order valence-electron chi connectivity index (χ1n) is 7.24. The fraction of sp³-hybridized carbons (Fsp3) is 0.600. The topological polar surface area (TPSA) is 45.2 Å². The highest BCUT2D eigenvalue weighted by atomic mass is 16.2. The molecule has 1 aromatic heterocycles. The van der Waals surface area contributed by atoms with Crippen LogP contribution in [-0.4, -0.2) is 41.5 Å². The molecule has 19 heavy (non-hydrogen) atoms. The number of aromatic nitrogens is 1. The molecule has 0 bridgehead atoms. The number of amides is 1. The maximum Gasteiger partial charge on any atom is 0.254 e. The lowest BCUT2D eigenvalue weighted by atomic mass is 10.0. The molecule has 0 spiro atoms. The lowest BCUT2D eigenvalue weighted by Gasteiger charge is -2.30. The van der Waals surface area contributed by atoms with E-state index in [1.807, 2.05) is 4.90 Å². The van der Waals surface area contributed by atoms with E-state index in [1.165, 1.54) is 19.3 Å². The minimum absolute atomic E-state index is 0.122. The summed E-state index contributed by atoms with van der Waals surface area (Å²) in [6.07, 6.45) is 8.03. The van der Waals surface area contributed by atoms with Crippen molar-refractivity contribution in [3.05, 3.63) is 30.1 Å². The Kier molecular flexibility index (Phi) is 5.33. The van der Waals surface area contributed by atoms with E-state index in [4.69, 9.17) is 0 Å². The number of hydrogen-bond donors (Lipinski definition) is 1. The molecule has 4 nitrogen and oxygen atoms in total. The van der Waals surface area contributed by atoms with Gasteiger partial charge in [0.25, 0.3) is 5.91 Å². The molecule has 1 saturated heterocycles. The average molecular weight is 261 g/mol. The highest BCUT2D eigenvalue weighted by Crippen LogP contribution is 2.11. The Labute approximate surface area is 115 Å². The molecular weight excluding hydrogens is 238 g/mol. The van der Waals surface area contributed by atoms with Gasteiger partial charge >= 0.3 is 0 Å². The summed E-state index contributed by atoms with van der Waals surface area (Å²) in [5.74, 6) is 0.122. The summed E-state index contributed by atoms with van der Waals surface area (Å²) in [6, 6.07) is 4.03. The average Bonchev–Trinajstić information content (AvgIpc) is 2.48. The van der Waals surface area contributed by atoms with Crippen molar-refractivity contribution in [2.45, 2.75) is 38.6 Å². The van der Waals surface area contributed by atoms with E-state index in [-0.39, 0.29) is 5.91 Å². The quantitative estimate of drug-likeness (QED) is 0.882. The second-order valence-corrected chi connectivity index (χ2v) is 5.13. The standard InChI is InChI=1S/C15H23N3O/c1-2-11-18(12-14-5-3-4-8-17-14)15(19)13-6-9-16-10-7-13/h6-7,9-10,14,17H,2-5,8,11-12H2,1H3. The van der Waals surface area contributed by atoms with Crippen LogP contribution in [0.1, 0.15) is 43.0 Å². The van der Waals surface area contributed by atoms with Gasteiger partial charge < -0.3 is 10.2 Å². The molecule has 1 aliphatic rings. The lowest BCUT2D eigenvalue weighted by molar-refractivity contribution is 0.0731. The van der Waals surface area contributed by atoms with Gasteiger partial charge in [0, 0.05) is 37.1 Å². The van der Waals surface area contributed by atoms with Gasteiger partial charge in [0.1, 0.15) is 0 Å². The van der Waals surface area contributed by atoms with Crippen molar-refractivity contribution in [1.29, 1.82) is 0 Å². The van der Waals surface area contributed by atoms with Crippen molar-refractivity contribution in [2.24, 2.45) is 0 Å². The normalized spacial score (nSPS) is 19.1. The fourth-order valence-electron chi connectivity index (χ4n) is 2.57. The minimum atomic E-state index is 0.122. The lowest BCUT2D eigenvalue weighted by Crippen LogP contribution is -2.46. The molecule has 1 aromatic rings. The number of nitrogens with one attached hydrogen (secondary N) is 1. The van der Waals surface area contributed by atoms with E-state index in [2.05, 4.69) is 17.2 Å². The van der Waals surface area contributed by atoms with Crippen molar-refractivity contribution >= 4 is 5.91 Å². The molecule has 104 valence electrons. The number of hydrogen-bond acceptors (Lipinski definition) is 3. The van der Waals surface area contributed by atoms with Crippen LogP contribution in [0.4, 0.5) is 0 Å². The smallest absolute Gasteiger partial charge is 0.254 e. The number of pyridine rings is 1. The van der Waals surface area contributed by atoms with Crippen LogP contribution in [-0.2, 0) is 0 Å². The Hall–Kier alpha value is -1.42. The summed E-state index contributed by atoms with van der Waals surface area (Å²) in [6.45, 7) is 4.82. The summed E-state index contributed by atoms with van der Waals surface area (Å²) in [7, 11) is 0. The molecule has 1 amide bonds. The number of nitrogens with zero attached hydrogens (tertiary/aromatic N) is 2. The van der Waals surface area contributed by atoms with Gasteiger partial charge in [-0.1, -0.05) is 13.3 Å². The van der Waals surface area contributed by atoms with E-state index >= 15 is 0 Å². The summed E-state index contributed by atoms with van der Waals surface area (Å²) in [5, 5.41) is 3.51. The van der Waals surface area contributed by atoms with Gasteiger partial charge in [-0.2, -0.15) is 0 Å². The van der Waals surface area contributed by atoms with Gasteiger partial charge in [-0.05, 0) is 37.9 Å². The van der Waals surface area contributed by atoms with Crippen LogP contribution in [0.15, 0.2) is 24.5 Å². The largest absolute Gasteiger partial charge is 0.337 e. The van der Waals surface area contributed by atoms with Crippen molar-refractivity contribution in [3.8, 4) is 0 Å². The monoisotopic (exact) mass is 261 g/mol. The molecule has 0 aromatic carbocycles. The first-order chi connectivity index (χ1) is 9.31. The molecule has 0 saturated carbocycles. The fourth-order valence-corrected chi connectivity index (χ4v) is 2.57. The number of piperidine rings is 1. The van der Waals surface area contributed by atoms with Crippen LogP contribution in [0.5, 0.6) is 0 Å². The van der Waals surface area contributed by atoms with Crippen molar-refractivity contribution in [2.75, 3.05) is 19.6 Å².